The smallest absolute Gasteiger partial charge is 0.281 e. The van der Waals surface area contributed by atoms with Crippen LogP contribution >= 0.6 is 0 Å². The van der Waals surface area contributed by atoms with Gasteiger partial charge in [0.1, 0.15) is 0 Å². The van der Waals surface area contributed by atoms with Gasteiger partial charge in [0, 0.05) is 32.1 Å². The highest BCUT2D eigenvalue weighted by molar-refractivity contribution is 7.86. The van der Waals surface area contributed by atoms with Gasteiger partial charge in [0.2, 0.25) is 5.91 Å². The minimum Gasteiger partial charge on any atom is -0.350 e. The first-order valence-corrected chi connectivity index (χ1v) is 10.5. The highest BCUT2D eigenvalue weighted by Gasteiger charge is 2.35. The molecule has 1 amide bonds. The molecule has 8 heteroatoms. The largest absolute Gasteiger partial charge is 0.350 e. The topological polar surface area (TPSA) is 74.2 Å². The lowest BCUT2D eigenvalue weighted by Crippen LogP contribution is -3.06. The Morgan fingerprint density at radius 2 is 1.54 bits per heavy atom. The number of amides is 1. The molecule has 0 bridgehead atoms. The molecule has 2 aliphatic heterocycles. The molecule has 0 aromatic heterocycles. The zero-order valence-electron chi connectivity index (χ0n) is 15.3. The van der Waals surface area contributed by atoms with E-state index in [4.69, 9.17) is 0 Å². The Labute approximate surface area is 146 Å². The maximum atomic E-state index is 12.7. The van der Waals surface area contributed by atoms with Crippen LogP contribution in [-0.2, 0) is 15.0 Å². The average molecular weight is 362 g/mol. The fourth-order valence-corrected chi connectivity index (χ4v) is 4.98. The van der Waals surface area contributed by atoms with Crippen LogP contribution in [0.3, 0.4) is 0 Å². The van der Waals surface area contributed by atoms with E-state index in [1.54, 1.807) is 8.61 Å². The summed E-state index contributed by atoms with van der Waals surface area (Å²) in [5, 5.41) is 2.97. The molecule has 2 aliphatic rings. The number of nitrogens with zero attached hydrogens (tertiary/aromatic N) is 2. The van der Waals surface area contributed by atoms with Gasteiger partial charge in [-0.25, -0.2) is 0 Å². The summed E-state index contributed by atoms with van der Waals surface area (Å²) < 4.78 is 28.6. The van der Waals surface area contributed by atoms with Crippen molar-refractivity contribution >= 4 is 16.1 Å². The standard InChI is InChI=1S/C16H32N4O3S/c1-14-4-9-19(10-5-14)24(22,23)20-11-6-15(7-12-20)16(21)17-8-13-18(2)3/h14-15H,4-13H2,1-3H3,(H,17,21)/p+1. The van der Waals surface area contributed by atoms with Gasteiger partial charge in [0.15, 0.2) is 0 Å². The third kappa shape index (κ3) is 5.15. The summed E-state index contributed by atoms with van der Waals surface area (Å²) in [4.78, 5) is 13.5. The molecule has 0 aromatic carbocycles. The van der Waals surface area contributed by atoms with Gasteiger partial charge in [-0.05, 0) is 31.6 Å². The number of nitrogens with one attached hydrogen (secondary N) is 2. The Hall–Kier alpha value is -0.700. The van der Waals surface area contributed by atoms with Crippen molar-refractivity contribution in [3.63, 3.8) is 0 Å². The third-order valence-corrected chi connectivity index (χ3v) is 7.18. The van der Waals surface area contributed by atoms with Gasteiger partial charge in [0.05, 0.1) is 27.2 Å². The molecule has 140 valence electrons. The van der Waals surface area contributed by atoms with E-state index < -0.39 is 10.2 Å². The summed E-state index contributed by atoms with van der Waals surface area (Å²) in [7, 11) is 0.751. The van der Waals surface area contributed by atoms with Crippen LogP contribution in [0.4, 0.5) is 0 Å². The molecule has 0 unspecified atom stereocenters. The molecule has 7 nitrogen and oxygen atoms in total. The van der Waals surface area contributed by atoms with E-state index in [-0.39, 0.29) is 11.8 Å². The quantitative estimate of drug-likeness (QED) is 0.633. The lowest BCUT2D eigenvalue weighted by atomic mass is 9.97. The summed E-state index contributed by atoms with van der Waals surface area (Å²) >= 11 is 0. The van der Waals surface area contributed by atoms with Crippen molar-refractivity contribution < 1.29 is 18.1 Å². The molecule has 2 rings (SSSR count). The zero-order valence-corrected chi connectivity index (χ0v) is 16.1. The van der Waals surface area contributed by atoms with Gasteiger partial charge in [0.25, 0.3) is 10.2 Å². The monoisotopic (exact) mass is 361 g/mol. The van der Waals surface area contributed by atoms with Crippen LogP contribution in [0.25, 0.3) is 0 Å². The van der Waals surface area contributed by atoms with Gasteiger partial charge in [-0.1, -0.05) is 6.92 Å². The number of quaternary nitrogens is 1. The Bertz CT molecular complexity index is 507. The van der Waals surface area contributed by atoms with Crippen LogP contribution in [0.5, 0.6) is 0 Å². The Balaban J connectivity index is 1.80. The average Bonchev–Trinajstić information content (AvgIpc) is 2.55. The fourth-order valence-electron chi connectivity index (χ4n) is 3.31. The number of piperidine rings is 2. The second-order valence-electron chi connectivity index (χ2n) is 7.51. The number of hydrogen-bond acceptors (Lipinski definition) is 3. The molecule has 0 aliphatic carbocycles. The molecule has 2 fully saturated rings. The van der Waals surface area contributed by atoms with Crippen molar-refractivity contribution in [2.75, 3.05) is 53.4 Å². The van der Waals surface area contributed by atoms with Gasteiger partial charge in [-0.15, -0.1) is 0 Å². The highest BCUT2D eigenvalue weighted by atomic mass is 32.2. The first-order chi connectivity index (χ1) is 11.3. The first-order valence-electron chi connectivity index (χ1n) is 9.12. The lowest BCUT2D eigenvalue weighted by Gasteiger charge is -2.37. The number of carbonyl (C=O) groups is 1. The van der Waals surface area contributed by atoms with E-state index in [1.807, 2.05) is 0 Å². The second-order valence-corrected chi connectivity index (χ2v) is 9.44. The highest BCUT2D eigenvalue weighted by Crippen LogP contribution is 2.25. The van der Waals surface area contributed by atoms with Crippen LogP contribution in [0.2, 0.25) is 0 Å². The van der Waals surface area contributed by atoms with Crippen LogP contribution in [0.15, 0.2) is 0 Å². The van der Waals surface area contributed by atoms with Crippen LogP contribution < -0.4 is 10.2 Å². The van der Waals surface area contributed by atoms with E-state index in [1.165, 1.54) is 4.90 Å². The molecule has 0 saturated carbocycles. The minimum atomic E-state index is -3.35. The molecule has 0 aromatic rings. The van der Waals surface area contributed by atoms with E-state index in [0.717, 1.165) is 19.4 Å². The summed E-state index contributed by atoms with van der Waals surface area (Å²) in [6, 6.07) is 0. The van der Waals surface area contributed by atoms with Crippen molar-refractivity contribution in [2.24, 2.45) is 11.8 Å². The van der Waals surface area contributed by atoms with Crippen molar-refractivity contribution in [3.8, 4) is 0 Å². The summed E-state index contributed by atoms with van der Waals surface area (Å²) in [6.07, 6.45) is 3.10. The molecule has 2 saturated heterocycles. The summed E-state index contributed by atoms with van der Waals surface area (Å²) in [6.45, 7) is 5.88. The Kier molecular flexibility index (Phi) is 7.03. The molecule has 0 spiro atoms. The Morgan fingerprint density at radius 3 is 2.04 bits per heavy atom. The molecule has 2 N–H and O–H groups in total. The Morgan fingerprint density at radius 1 is 1.04 bits per heavy atom. The SMILES string of the molecule is CC1CCN(S(=O)(=O)N2CCC(C(=O)NCC[NH+](C)C)CC2)CC1. The van der Waals surface area contributed by atoms with Gasteiger partial charge in [-0.2, -0.15) is 17.0 Å². The van der Waals surface area contributed by atoms with E-state index in [2.05, 4.69) is 26.3 Å². The molecule has 0 atom stereocenters. The first kappa shape index (κ1) is 19.6. The molecular formula is C16H33N4O3S+. The predicted molar refractivity (Wildman–Crippen MR) is 93.9 cm³/mol. The molecule has 2 heterocycles. The van der Waals surface area contributed by atoms with E-state index >= 15 is 0 Å². The third-order valence-electron chi connectivity index (χ3n) is 5.14. The second kappa shape index (κ2) is 8.60. The predicted octanol–water partition coefficient (Wildman–Crippen LogP) is -1.06. The normalized spacial score (nSPS) is 22.8. The van der Waals surface area contributed by atoms with Crippen molar-refractivity contribution in [1.29, 1.82) is 0 Å². The van der Waals surface area contributed by atoms with Crippen LogP contribution in [0, 0.1) is 11.8 Å². The zero-order chi connectivity index (χ0) is 17.7. The van der Waals surface area contributed by atoms with Gasteiger partial charge >= 0.3 is 0 Å². The molecule has 24 heavy (non-hydrogen) atoms. The van der Waals surface area contributed by atoms with Crippen molar-refractivity contribution in [3.05, 3.63) is 0 Å². The maximum Gasteiger partial charge on any atom is 0.281 e. The molecular weight excluding hydrogens is 328 g/mol. The number of carbonyl (C=O) groups excluding carboxylic acids is 1. The lowest BCUT2D eigenvalue weighted by molar-refractivity contribution is -0.856. The van der Waals surface area contributed by atoms with E-state index in [0.29, 0.717) is 51.5 Å². The summed E-state index contributed by atoms with van der Waals surface area (Å²) in [5.41, 5.74) is 0. The van der Waals surface area contributed by atoms with Gasteiger partial charge in [-0.3, -0.25) is 4.79 Å². The van der Waals surface area contributed by atoms with Crippen molar-refractivity contribution in [1.82, 2.24) is 13.9 Å². The number of rotatable bonds is 6. The molecule has 0 radical (unpaired) electrons. The van der Waals surface area contributed by atoms with Crippen LogP contribution in [-0.4, -0.2) is 76.3 Å². The van der Waals surface area contributed by atoms with E-state index in [9.17, 15) is 13.2 Å². The maximum absolute atomic E-state index is 12.7. The summed E-state index contributed by atoms with van der Waals surface area (Å²) in [5.74, 6) is 0.616. The number of hydrogen-bond donors (Lipinski definition) is 2. The fraction of sp³-hybridized carbons (Fsp3) is 0.938. The van der Waals surface area contributed by atoms with Crippen LogP contribution in [0.1, 0.15) is 32.6 Å². The minimum absolute atomic E-state index is 0.0602. The van der Waals surface area contributed by atoms with Crippen molar-refractivity contribution in [2.45, 2.75) is 32.6 Å². The van der Waals surface area contributed by atoms with Gasteiger partial charge < -0.3 is 10.2 Å². The number of likely N-dealkylation sites (N-methyl/N-ethyl adjacent to an activating group) is 1.